The molecule has 1 N–H and O–H groups in total. The summed E-state index contributed by atoms with van der Waals surface area (Å²) in [6.45, 7) is 2.57. The molecule has 1 aliphatic rings. The Morgan fingerprint density at radius 2 is 1.81 bits per heavy atom. The van der Waals surface area contributed by atoms with Crippen LogP contribution >= 0.6 is 23.2 Å². The van der Waals surface area contributed by atoms with Crippen molar-refractivity contribution >= 4 is 40.7 Å². The van der Waals surface area contributed by atoms with Gasteiger partial charge in [0, 0.05) is 29.9 Å². The van der Waals surface area contributed by atoms with Gasteiger partial charge in [0.25, 0.3) is 11.8 Å². The molecule has 0 aromatic heterocycles. The highest BCUT2D eigenvalue weighted by molar-refractivity contribution is 6.42. The summed E-state index contributed by atoms with van der Waals surface area (Å²) in [5.41, 5.74) is 2.78. The van der Waals surface area contributed by atoms with Gasteiger partial charge in [-0.25, -0.2) is 0 Å². The molecule has 0 saturated heterocycles. The van der Waals surface area contributed by atoms with E-state index in [1.54, 1.807) is 50.3 Å². The van der Waals surface area contributed by atoms with E-state index in [0.29, 0.717) is 58.1 Å². The second kappa shape index (κ2) is 11.1. The molecule has 2 amide bonds. The molecular formula is C27H26Cl2N2O5. The van der Waals surface area contributed by atoms with E-state index in [1.165, 1.54) is 6.07 Å². The van der Waals surface area contributed by atoms with Crippen LogP contribution in [0.2, 0.25) is 10.0 Å². The molecule has 1 unspecified atom stereocenters. The van der Waals surface area contributed by atoms with Crippen molar-refractivity contribution in [3.8, 4) is 17.2 Å². The molecule has 0 saturated carbocycles. The van der Waals surface area contributed by atoms with Gasteiger partial charge in [-0.2, -0.15) is 0 Å². The van der Waals surface area contributed by atoms with Gasteiger partial charge in [-0.05, 0) is 67.4 Å². The van der Waals surface area contributed by atoms with Crippen molar-refractivity contribution in [2.75, 3.05) is 26.1 Å². The first kappa shape index (κ1) is 25.7. The van der Waals surface area contributed by atoms with Crippen molar-refractivity contribution in [2.45, 2.75) is 26.0 Å². The number of halogens is 2. The molecule has 36 heavy (non-hydrogen) atoms. The number of rotatable bonds is 7. The predicted octanol–water partition coefficient (Wildman–Crippen LogP) is 5.62. The topological polar surface area (TPSA) is 77.1 Å². The lowest BCUT2D eigenvalue weighted by Crippen LogP contribution is -2.39. The second-order valence-electron chi connectivity index (χ2n) is 8.36. The fourth-order valence-corrected chi connectivity index (χ4v) is 4.31. The number of hydrogen-bond donors (Lipinski definition) is 1. The van der Waals surface area contributed by atoms with Crippen molar-refractivity contribution < 1.29 is 23.8 Å². The minimum atomic E-state index is -0.631. The van der Waals surface area contributed by atoms with Gasteiger partial charge in [0.05, 0.1) is 24.3 Å². The number of hydrogen-bond acceptors (Lipinski definition) is 5. The number of anilines is 1. The Morgan fingerprint density at radius 1 is 1.03 bits per heavy atom. The zero-order valence-corrected chi connectivity index (χ0v) is 21.7. The van der Waals surface area contributed by atoms with Crippen LogP contribution in [0.15, 0.2) is 54.6 Å². The normalized spacial score (nSPS) is 15.0. The largest absolute Gasteiger partial charge is 0.493 e. The Bertz CT molecular complexity index is 1300. The first-order valence-electron chi connectivity index (χ1n) is 11.3. The van der Waals surface area contributed by atoms with E-state index < -0.39 is 6.10 Å². The quantitative estimate of drug-likeness (QED) is 0.430. The SMILES string of the molecule is COc1ccc(CCN2Cc3cc(NC(=O)c4ccc(Cl)c(Cl)c4)ccc3OC(C)C2=O)cc1OC. The molecule has 0 spiro atoms. The standard InChI is InChI=1S/C27H26Cl2N2O5/c1-16-27(33)31(11-10-17-4-8-24(34-2)25(12-17)35-3)15-19-13-20(6-9-23(19)36-16)30-26(32)18-5-7-21(28)22(29)14-18/h4-9,12-14,16H,10-11,15H2,1-3H3,(H,30,32). The smallest absolute Gasteiger partial charge is 0.263 e. The Labute approximate surface area is 219 Å². The van der Waals surface area contributed by atoms with Gasteiger partial charge >= 0.3 is 0 Å². The van der Waals surface area contributed by atoms with Crippen LogP contribution in [0.5, 0.6) is 17.2 Å². The molecule has 1 aliphatic heterocycles. The van der Waals surface area contributed by atoms with Crippen LogP contribution in [-0.2, 0) is 17.8 Å². The minimum absolute atomic E-state index is 0.104. The Morgan fingerprint density at radius 3 is 2.53 bits per heavy atom. The molecule has 0 bridgehead atoms. The third kappa shape index (κ3) is 5.69. The summed E-state index contributed by atoms with van der Waals surface area (Å²) >= 11 is 12.0. The summed E-state index contributed by atoms with van der Waals surface area (Å²) in [4.78, 5) is 27.5. The van der Waals surface area contributed by atoms with E-state index in [2.05, 4.69) is 5.32 Å². The summed E-state index contributed by atoms with van der Waals surface area (Å²) in [6, 6.07) is 15.7. The highest BCUT2D eigenvalue weighted by Crippen LogP contribution is 2.31. The van der Waals surface area contributed by atoms with Crippen molar-refractivity contribution in [1.82, 2.24) is 4.90 Å². The van der Waals surface area contributed by atoms with Crippen LogP contribution < -0.4 is 19.5 Å². The van der Waals surface area contributed by atoms with Crippen LogP contribution in [0.25, 0.3) is 0 Å². The molecule has 9 heteroatoms. The molecule has 1 heterocycles. The van der Waals surface area contributed by atoms with Crippen molar-refractivity contribution in [2.24, 2.45) is 0 Å². The molecule has 4 rings (SSSR count). The second-order valence-corrected chi connectivity index (χ2v) is 9.18. The van der Waals surface area contributed by atoms with Crippen LogP contribution in [-0.4, -0.2) is 43.6 Å². The Balaban J connectivity index is 1.50. The molecule has 3 aromatic rings. The first-order chi connectivity index (χ1) is 17.3. The molecule has 0 radical (unpaired) electrons. The van der Waals surface area contributed by atoms with E-state index in [9.17, 15) is 9.59 Å². The maximum absolute atomic E-state index is 13.0. The van der Waals surface area contributed by atoms with E-state index in [1.807, 2.05) is 24.3 Å². The van der Waals surface area contributed by atoms with Gasteiger partial charge < -0.3 is 24.4 Å². The monoisotopic (exact) mass is 528 g/mol. The summed E-state index contributed by atoms with van der Waals surface area (Å²) in [6.07, 6.45) is -0.00431. The van der Waals surface area contributed by atoms with Gasteiger partial charge in [0.2, 0.25) is 0 Å². The zero-order chi connectivity index (χ0) is 25.8. The molecular weight excluding hydrogens is 503 g/mol. The van der Waals surface area contributed by atoms with Crippen LogP contribution in [0, 0.1) is 0 Å². The number of fused-ring (bicyclic) bond motifs is 1. The maximum atomic E-state index is 13.0. The number of carbonyl (C=O) groups is 2. The van der Waals surface area contributed by atoms with Gasteiger partial charge in [0.15, 0.2) is 17.6 Å². The number of methoxy groups -OCH3 is 2. The maximum Gasteiger partial charge on any atom is 0.263 e. The number of ether oxygens (including phenoxy) is 3. The lowest BCUT2D eigenvalue weighted by atomic mass is 10.1. The third-order valence-corrected chi connectivity index (χ3v) is 6.68. The molecule has 0 aliphatic carbocycles. The zero-order valence-electron chi connectivity index (χ0n) is 20.1. The number of nitrogens with zero attached hydrogens (tertiary/aromatic N) is 1. The van der Waals surface area contributed by atoms with E-state index >= 15 is 0 Å². The molecule has 3 aromatic carbocycles. The summed E-state index contributed by atoms with van der Waals surface area (Å²) < 4.78 is 16.6. The summed E-state index contributed by atoms with van der Waals surface area (Å²) in [7, 11) is 3.18. The third-order valence-electron chi connectivity index (χ3n) is 5.94. The van der Waals surface area contributed by atoms with Crippen LogP contribution in [0.1, 0.15) is 28.4 Å². The molecule has 7 nitrogen and oxygen atoms in total. The van der Waals surface area contributed by atoms with Crippen LogP contribution in [0.4, 0.5) is 5.69 Å². The molecule has 0 fully saturated rings. The van der Waals surface area contributed by atoms with Gasteiger partial charge in [-0.3, -0.25) is 9.59 Å². The number of benzene rings is 3. The fraction of sp³-hybridized carbons (Fsp3) is 0.259. The number of amides is 2. The molecule has 1 atom stereocenters. The van der Waals surface area contributed by atoms with Crippen molar-refractivity contribution in [3.63, 3.8) is 0 Å². The van der Waals surface area contributed by atoms with Gasteiger partial charge in [0.1, 0.15) is 5.75 Å². The fourth-order valence-electron chi connectivity index (χ4n) is 4.01. The minimum Gasteiger partial charge on any atom is -0.493 e. The van der Waals surface area contributed by atoms with E-state index in [4.69, 9.17) is 37.4 Å². The van der Waals surface area contributed by atoms with Gasteiger partial charge in [-0.1, -0.05) is 29.3 Å². The predicted molar refractivity (Wildman–Crippen MR) is 140 cm³/mol. The molecule has 188 valence electrons. The average molecular weight is 529 g/mol. The summed E-state index contributed by atoms with van der Waals surface area (Å²) in [5.74, 6) is 1.47. The highest BCUT2D eigenvalue weighted by Gasteiger charge is 2.28. The van der Waals surface area contributed by atoms with Crippen molar-refractivity contribution in [1.29, 1.82) is 0 Å². The highest BCUT2D eigenvalue weighted by atomic mass is 35.5. The first-order valence-corrected chi connectivity index (χ1v) is 12.1. The lowest BCUT2D eigenvalue weighted by molar-refractivity contribution is -0.137. The Kier molecular flexibility index (Phi) is 7.91. The van der Waals surface area contributed by atoms with Crippen LogP contribution in [0.3, 0.4) is 0 Å². The number of carbonyl (C=O) groups excluding carboxylic acids is 2. The Hall–Kier alpha value is -3.42. The summed E-state index contributed by atoms with van der Waals surface area (Å²) in [5, 5.41) is 3.55. The van der Waals surface area contributed by atoms with Crippen molar-refractivity contribution in [3.05, 3.63) is 81.3 Å². The van der Waals surface area contributed by atoms with E-state index in [0.717, 1.165) is 11.1 Å². The van der Waals surface area contributed by atoms with Gasteiger partial charge in [-0.15, -0.1) is 0 Å². The average Bonchev–Trinajstić information content (AvgIpc) is 2.99. The lowest BCUT2D eigenvalue weighted by Gasteiger charge is -2.22. The number of nitrogens with one attached hydrogen (secondary N) is 1. The van der Waals surface area contributed by atoms with E-state index in [-0.39, 0.29) is 11.8 Å².